The normalized spacial score (nSPS) is 25.1. The fourth-order valence-electron chi connectivity index (χ4n) is 4.90. The fraction of sp³-hybridized carbons (Fsp3) is 0.583. The highest BCUT2D eigenvalue weighted by Gasteiger charge is 2.28. The fourth-order valence-corrected chi connectivity index (χ4v) is 5.24. The number of benzene rings is 2. The first-order chi connectivity index (χ1) is 13.3. The van der Waals surface area contributed by atoms with Gasteiger partial charge in [0.25, 0.3) is 0 Å². The molecule has 0 amide bonds. The van der Waals surface area contributed by atoms with Crippen LogP contribution in [0.4, 0.5) is 0 Å². The number of nitrogens with zero attached hydrogens (tertiary/aromatic N) is 1. The minimum absolute atomic E-state index is 0.396. The molecule has 0 bridgehead atoms. The Hall–Kier alpha value is -1.03. The predicted molar refractivity (Wildman–Crippen MR) is 118 cm³/mol. The van der Waals surface area contributed by atoms with E-state index in [4.69, 9.17) is 17.4 Å². The second-order valence-electron chi connectivity index (χ2n) is 8.33. The van der Waals surface area contributed by atoms with E-state index in [2.05, 4.69) is 47.4 Å². The Morgan fingerprint density at radius 1 is 0.963 bits per heavy atom. The lowest BCUT2D eigenvalue weighted by atomic mass is 9.90. The molecule has 0 saturated carbocycles. The van der Waals surface area contributed by atoms with Gasteiger partial charge in [0.2, 0.25) is 0 Å². The van der Waals surface area contributed by atoms with Crippen LogP contribution in [0.2, 0.25) is 0 Å². The number of thiol groups is 1. The van der Waals surface area contributed by atoms with Crippen LogP contribution >= 0.6 is 12.6 Å². The molecule has 2 saturated heterocycles. The summed E-state index contributed by atoms with van der Waals surface area (Å²) in [5, 5.41) is 2.70. The smallest absolute Gasteiger partial charge is 0.0592 e. The molecular weight excluding hydrogens is 350 g/mol. The van der Waals surface area contributed by atoms with E-state index in [1.807, 2.05) is 0 Å². The van der Waals surface area contributed by atoms with Crippen LogP contribution in [0, 0.1) is 0 Å². The third-order valence-corrected chi connectivity index (χ3v) is 6.88. The molecule has 2 heterocycles. The van der Waals surface area contributed by atoms with Gasteiger partial charge in [-0.3, -0.25) is 0 Å². The van der Waals surface area contributed by atoms with Crippen LogP contribution in [0.15, 0.2) is 42.5 Å². The van der Waals surface area contributed by atoms with Gasteiger partial charge in [0.1, 0.15) is 0 Å². The van der Waals surface area contributed by atoms with Crippen molar-refractivity contribution in [1.82, 2.24) is 4.90 Å². The highest BCUT2D eigenvalue weighted by Crippen LogP contribution is 2.34. The molecule has 0 aliphatic carbocycles. The zero-order chi connectivity index (χ0) is 18.5. The second kappa shape index (κ2) is 9.45. The summed E-state index contributed by atoms with van der Waals surface area (Å²) in [6.45, 7) is 3.80. The summed E-state index contributed by atoms with van der Waals surface area (Å²) in [7, 11) is 0. The van der Waals surface area contributed by atoms with Gasteiger partial charge >= 0.3 is 0 Å². The van der Waals surface area contributed by atoms with E-state index in [0.29, 0.717) is 18.1 Å². The van der Waals surface area contributed by atoms with E-state index >= 15 is 0 Å². The maximum Gasteiger partial charge on any atom is 0.0592 e. The maximum atomic E-state index is 6.46. The van der Waals surface area contributed by atoms with E-state index < -0.39 is 0 Å². The maximum absolute atomic E-state index is 6.46. The molecule has 2 aromatic rings. The lowest BCUT2D eigenvalue weighted by Gasteiger charge is -2.27. The number of likely N-dealkylation sites (tertiary alicyclic amines) is 1. The number of hydrogen-bond acceptors (Lipinski definition) is 3. The summed E-state index contributed by atoms with van der Waals surface area (Å²) in [4.78, 5) is 2.63. The first-order valence-corrected chi connectivity index (χ1v) is 11.4. The van der Waals surface area contributed by atoms with Crippen LogP contribution in [0.1, 0.15) is 56.4 Å². The number of ether oxygens (including phenoxy) is 1. The number of hydrogen-bond donors (Lipinski definition) is 1. The molecule has 0 spiro atoms. The SMILES string of the molecule is SCC(CC1CCC(CCN2CCCCC2)O1)c1cccc2ccccc12. The monoisotopic (exact) mass is 383 g/mol. The molecule has 3 atom stereocenters. The van der Waals surface area contributed by atoms with E-state index in [1.54, 1.807) is 0 Å². The Kier molecular flexibility index (Phi) is 6.75. The van der Waals surface area contributed by atoms with Crippen molar-refractivity contribution in [2.45, 2.75) is 63.1 Å². The molecule has 2 aliphatic rings. The van der Waals surface area contributed by atoms with Crippen molar-refractivity contribution < 1.29 is 4.74 Å². The zero-order valence-electron chi connectivity index (χ0n) is 16.4. The van der Waals surface area contributed by atoms with Gasteiger partial charge in [-0.15, -0.1) is 0 Å². The zero-order valence-corrected chi connectivity index (χ0v) is 17.2. The Bertz CT molecular complexity index is 722. The Morgan fingerprint density at radius 3 is 2.59 bits per heavy atom. The molecule has 2 fully saturated rings. The molecule has 0 aromatic heterocycles. The Labute approximate surface area is 169 Å². The van der Waals surface area contributed by atoms with Gasteiger partial charge in [-0.25, -0.2) is 0 Å². The van der Waals surface area contributed by atoms with Gasteiger partial charge in [-0.2, -0.15) is 12.6 Å². The van der Waals surface area contributed by atoms with Crippen molar-refractivity contribution in [3.63, 3.8) is 0 Å². The van der Waals surface area contributed by atoms with Crippen molar-refractivity contribution in [1.29, 1.82) is 0 Å². The van der Waals surface area contributed by atoms with E-state index in [-0.39, 0.29) is 0 Å². The summed E-state index contributed by atoms with van der Waals surface area (Å²) in [6, 6.07) is 15.4. The topological polar surface area (TPSA) is 12.5 Å². The average Bonchev–Trinajstić information content (AvgIpc) is 3.18. The third-order valence-electron chi connectivity index (χ3n) is 6.44. The molecule has 4 rings (SSSR count). The predicted octanol–water partition coefficient (Wildman–Crippen LogP) is 5.67. The minimum atomic E-state index is 0.396. The van der Waals surface area contributed by atoms with E-state index in [0.717, 1.165) is 12.2 Å². The molecule has 3 unspecified atom stereocenters. The molecular formula is C24H33NOS. The molecule has 3 heteroatoms. The summed E-state index contributed by atoms with van der Waals surface area (Å²) in [6.07, 6.45) is 9.77. The van der Waals surface area contributed by atoms with E-state index in [9.17, 15) is 0 Å². The van der Waals surface area contributed by atoms with Crippen molar-refractivity contribution in [3.8, 4) is 0 Å². The molecule has 146 valence electrons. The summed E-state index contributed by atoms with van der Waals surface area (Å²) < 4.78 is 6.46. The molecule has 27 heavy (non-hydrogen) atoms. The van der Waals surface area contributed by atoms with Crippen LogP contribution < -0.4 is 0 Å². The molecule has 2 nitrogen and oxygen atoms in total. The third kappa shape index (κ3) is 4.88. The van der Waals surface area contributed by atoms with Crippen molar-refractivity contribution >= 4 is 23.4 Å². The Balaban J connectivity index is 1.33. The average molecular weight is 384 g/mol. The van der Waals surface area contributed by atoms with Gasteiger partial charge in [0, 0.05) is 6.54 Å². The van der Waals surface area contributed by atoms with Crippen molar-refractivity contribution in [3.05, 3.63) is 48.0 Å². The quantitative estimate of drug-likeness (QED) is 0.619. The van der Waals surface area contributed by atoms with Gasteiger partial charge < -0.3 is 9.64 Å². The molecule has 0 N–H and O–H groups in total. The van der Waals surface area contributed by atoms with Crippen LogP contribution in [-0.2, 0) is 4.74 Å². The van der Waals surface area contributed by atoms with Gasteiger partial charge in [0.15, 0.2) is 0 Å². The minimum Gasteiger partial charge on any atom is -0.375 e. The molecule has 0 radical (unpaired) electrons. The van der Waals surface area contributed by atoms with Gasteiger partial charge in [-0.1, -0.05) is 48.9 Å². The number of rotatable bonds is 7. The van der Waals surface area contributed by atoms with Gasteiger partial charge in [0.05, 0.1) is 12.2 Å². The number of fused-ring (bicyclic) bond motifs is 1. The summed E-state index contributed by atoms with van der Waals surface area (Å²) in [5.74, 6) is 1.34. The van der Waals surface area contributed by atoms with Crippen LogP contribution in [0.5, 0.6) is 0 Å². The van der Waals surface area contributed by atoms with Crippen LogP contribution in [0.25, 0.3) is 10.8 Å². The second-order valence-corrected chi connectivity index (χ2v) is 8.70. The first-order valence-electron chi connectivity index (χ1n) is 10.8. The summed E-state index contributed by atoms with van der Waals surface area (Å²) in [5.41, 5.74) is 1.43. The molecule has 2 aliphatic heterocycles. The van der Waals surface area contributed by atoms with Gasteiger partial charge in [-0.05, 0) is 79.6 Å². The van der Waals surface area contributed by atoms with Crippen LogP contribution in [-0.4, -0.2) is 42.5 Å². The van der Waals surface area contributed by atoms with Crippen molar-refractivity contribution in [2.24, 2.45) is 0 Å². The standard InChI is InChI=1S/C24H33NOS/c27-18-20(24-10-6-8-19-7-2-3-9-23(19)24)17-22-12-11-21(26-22)13-16-25-14-4-1-5-15-25/h2-3,6-10,20-22,27H,1,4-5,11-18H2. The highest BCUT2D eigenvalue weighted by atomic mass is 32.1. The highest BCUT2D eigenvalue weighted by molar-refractivity contribution is 7.80. The first kappa shape index (κ1) is 19.3. The van der Waals surface area contributed by atoms with Crippen molar-refractivity contribution in [2.75, 3.05) is 25.4 Å². The summed E-state index contributed by atoms with van der Waals surface area (Å²) >= 11 is 4.70. The van der Waals surface area contributed by atoms with Crippen LogP contribution in [0.3, 0.4) is 0 Å². The largest absolute Gasteiger partial charge is 0.375 e. The molecule has 2 aromatic carbocycles. The Morgan fingerprint density at radius 2 is 1.74 bits per heavy atom. The number of piperidine rings is 1. The lowest BCUT2D eigenvalue weighted by Crippen LogP contribution is -2.32. The van der Waals surface area contributed by atoms with E-state index in [1.165, 1.54) is 74.5 Å². The lowest BCUT2D eigenvalue weighted by molar-refractivity contribution is 0.0268.